The van der Waals surface area contributed by atoms with Crippen LogP contribution in [0.2, 0.25) is 0 Å². The van der Waals surface area contributed by atoms with Gasteiger partial charge in [0.1, 0.15) is 11.6 Å². The quantitative estimate of drug-likeness (QED) is 0.795. The largest absolute Gasteiger partial charge is 0.497 e. The van der Waals surface area contributed by atoms with Crippen molar-refractivity contribution in [2.24, 2.45) is 5.16 Å². The Labute approximate surface area is 163 Å². The predicted octanol–water partition coefficient (Wildman–Crippen LogP) is 3.54. The minimum Gasteiger partial charge on any atom is -0.497 e. The maximum Gasteiger partial charge on any atom is 0.266 e. The number of hydrogen-bond donors (Lipinski definition) is 0. The number of hydrogen-bond acceptors (Lipinski definition) is 4. The normalized spacial score (nSPS) is 21.4. The van der Waals surface area contributed by atoms with E-state index in [1.54, 1.807) is 24.1 Å². The van der Waals surface area contributed by atoms with Crippen LogP contribution in [0, 0.1) is 5.82 Å². The van der Waals surface area contributed by atoms with E-state index >= 15 is 0 Å². The van der Waals surface area contributed by atoms with E-state index in [9.17, 15) is 9.18 Å². The second-order valence-corrected chi connectivity index (χ2v) is 7.27. The molecular weight excluding hydrogens is 359 g/mol. The number of rotatable bonds is 5. The van der Waals surface area contributed by atoms with Crippen LogP contribution in [-0.4, -0.2) is 42.8 Å². The molecule has 0 radical (unpaired) electrons. The maximum absolute atomic E-state index is 14.0. The van der Waals surface area contributed by atoms with Gasteiger partial charge in [-0.05, 0) is 35.7 Å². The molecule has 146 valence electrons. The van der Waals surface area contributed by atoms with Gasteiger partial charge in [0.25, 0.3) is 5.91 Å². The van der Waals surface area contributed by atoms with Crippen LogP contribution >= 0.6 is 0 Å². The lowest BCUT2D eigenvalue weighted by Crippen LogP contribution is -2.37. The zero-order chi connectivity index (χ0) is 19.5. The number of nitrogens with zero attached hydrogens (tertiary/aromatic N) is 2. The fourth-order valence-electron chi connectivity index (χ4n) is 3.87. The van der Waals surface area contributed by atoms with Crippen molar-refractivity contribution in [2.75, 3.05) is 20.2 Å². The Kier molecular flexibility index (Phi) is 5.28. The van der Waals surface area contributed by atoms with Gasteiger partial charge in [0.15, 0.2) is 0 Å². The van der Waals surface area contributed by atoms with E-state index in [1.807, 2.05) is 30.3 Å². The third-order valence-corrected chi connectivity index (χ3v) is 5.42. The van der Waals surface area contributed by atoms with Crippen molar-refractivity contribution in [3.8, 4) is 5.75 Å². The number of likely N-dealkylation sites (tertiary alicyclic amines) is 1. The first kappa shape index (κ1) is 18.5. The van der Waals surface area contributed by atoms with Crippen molar-refractivity contribution in [1.82, 2.24) is 4.90 Å². The van der Waals surface area contributed by atoms with Gasteiger partial charge in [-0.1, -0.05) is 35.5 Å². The van der Waals surface area contributed by atoms with Crippen LogP contribution in [0.1, 0.15) is 29.9 Å². The molecule has 0 aliphatic carbocycles. The summed E-state index contributed by atoms with van der Waals surface area (Å²) >= 11 is 0. The molecule has 0 aromatic heterocycles. The molecule has 0 bridgehead atoms. The summed E-state index contributed by atoms with van der Waals surface area (Å²) in [4.78, 5) is 20.0. The van der Waals surface area contributed by atoms with Crippen LogP contribution in [0.25, 0.3) is 0 Å². The highest BCUT2D eigenvalue weighted by molar-refractivity contribution is 5.94. The molecule has 0 saturated carbocycles. The number of amides is 1. The van der Waals surface area contributed by atoms with Gasteiger partial charge in [-0.25, -0.2) is 4.39 Å². The molecule has 2 heterocycles. The fraction of sp³-hybridized carbons (Fsp3) is 0.364. The zero-order valence-corrected chi connectivity index (χ0v) is 15.8. The van der Waals surface area contributed by atoms with E-state index in [2.05, 4.69) is 5.16 Å². The van der Waals surface area contributed by atoms with Gasteiger partial charge in [0, 0.05) is 31.8 Å². The Hall–Kier alpha value is -2.89. The predicted molar refractivity (Wildman–Crippen MR) is 104 cm³/mol. The number of carbonyl (C=O) groups is 1. The van der Waals surface area contributed by atoms with Crippen molar-refractivity contribution < 1.29 is 18.8 Å². The topological polar surface area (TPSA) is 51.1 Å². The molecule has 28 heavy (non-hydrogen) atoms. The summed E-state index contributed by atoms with van der Waals surface area (Å²) < 4.78 is 19.2. The lowest BCUT2D eigenvalue weighted by molar-refractivity contribution is -0.141. The molecule has 0 N–H and O–H groups in total. The number of halogens is 1. The Morgan fingerprint density at radius 1 is 1.25 bits per heavy atom. The second kappa shape index (κ2) is 8.00. The van der Waals surface area contributed by atoms with E-state index in [0.717, 1.165) is 23.4 Å². The Morgan fingerprint density at radius 2 is 2.04 bits per heavy atom. The highest BCUT2D eigenvalue weighted by Gasteiger charge is 2.36. The highest BCUT2D eigenvalue weighted by atomic mass is 19.1. The number of ether oxygens (including phenoxy) is 1. The zero-order valence-electron chi connectivity index (χ0n) is 15.8. The summed E-state index contributed by atoms with van der Waals surface area (Å²) in [5, 5.41) is 4.12. The summed E-state index contributed by atoms with van der Waals surface area (Å²) in [6.45, 7) is 1.14. The van der Waals surface area contributed by atoms with Crippen LogP contribution in [0.3, 0.4) is 0 Å². The molecule has 6 heteroatoms. The summed E-state index contributed by atoms with van der Waals surface area (Å²) in [6.07, 6.45) is 1.32. The van der Waals surface area contributed by atoms with Gasteiger partial charge in [-0.3, -0.25) is 4.79 Å². The van der Waals surface area contributed by atoms with Gasteiger partial charge in [0.05, 0.1) is 12.8 Å². The van der Waals surface area contributed by atoms with Crippen LogP contribution < -0.4 is 4.74 Å². The number of carbonyl (C=O) groups excluding carboxylic acids is 1. The van der Waals surface area contributed by atoms with Crippen molar-refractivity contribution in [2.45, 2.75) is 31.3 Å². The van der Waals surface area contributed by atoms with E-state index in [1.165, 1.54) is 6.07 Å². The van der Waals surface area contributed by atoms with Gasteiger partial charge in [-0.2, -0.15) is 0 Å². The van der Waals surface area contributed by atoms with Gasteiger partial charge in [0.2, 0.25) is 6.10 Å². The van der Waals surface area contributed by atoms with Crippen LogP contribution in [-0.2, 0) is 16.1 Å². The summed E-state index contributed by atoms with van der Waals surface area (Å²) in [7, 11) is 1.63. The van der Waals surface area contributed by atoms with Crippen molar-refractivity contribution in [3.63, 3.8) is 0 Å². The maximum atomic E-state index is 14.0. The van der Waals surface area contributed by atoms with E-state index in [0.29, 0.717) is 31.5 Å². The molecule has 2 atom stereocenters. The Bertz CT molecular complexity index is 882. The lowest BCUT2D eigenvalue weighted by atomic mass is 9.98. The van der Waals surface area contributed by atoms with E-state index < -0.39 is 6.10 Å². The van der Waals surface area contributed by atoms with E-state index in [-0.39, 0.29) is 17.6 Å². The average Bonchev–Trinajstić information content (AvgIpc) is 3.38. The second-order valence-electron chi connectivity index (χ2n) is 7.27. The van der Waals surface area contributed by atoms with Crippen LogP contribution in [0.5, 0.6) is 5.75 Å². The smallest absolute Gasteiger partial charge is 0.266 e. The summed E-state index contributed by atoms with van der Waals surface area (Å²) in [6, 6.07) is 14.6. The van der Waals surface area contributed by atoms with Crippen molar-refractivity contribution in [1.29, 1.82) is 0 Å². The highest BCUT2D eigenvalue weighted by Crippen LogP contribution is 2.30. The van der Waals surface area contributed by atoms with Gasteiger partial charge >= 0.3 is 0 Å². The lowest BCUT2D eigenvalue weighted by Gasteiger charge is -2.19. The molecule has 5 nitrogen and oxygen atoms in total. The number of methoxy groups -OCH3 is 1. The first-order chi connectivity index (χ1) is 13.6. The van der Waals surface area contributed by atoms with Gasteiger partial charge < -0.3 is 14.5 Å². The number of oxime groups is 1. The number of benzene rings is 2. The first-order valence-corrected chi connectivity index (χ1v) is 9.51. The molecule has 2 aromatic rings. The SMILES string of the molecule is COc1ccc(CC2=NO[C@H](C(=O)N3CC[C@@H](c4ccccc4F)C3)C2)cc1. The fourth-order valence-corrected chi connectivity index (χ4v) is 3.87. The van der Waals surface area contributed by atoms with E-state index in [4.69, 9.17) is 9.57 Å². The van der Waals surface area contributed by atoms with Crippen molar-refractivity contribution >= 4 is 11.6 Å². The minimum absolute atomic E-state index is 0.0336. The molecule has 0 unspecified atom stereocenters. The molecular formula is C22H23FN2O3. The minimum atomic E-state index is -0.576. The standard InChI is InChI=1S/C22H23FN2O3/c1-27-18-8-6-15(7-9-18)12-17-13-21(28-24-17)22(26)25-11-10-16(14-25)19-4-2-3-5-20(19)23/h2-9,16,21H,10-14H2,1H3/t16-,21+/m1/s1. The third-order valence-electron chi connectivity index (χ3n) is 5.42. The van der Waals surface area contributed by atoms with Crippen LogP contribution in [0.4, 0.5) is 4.39 Å². The average molecular weight is 382 g/mol. The molecule has 2 aromatic carbocycles. The summed E-state index contributed by atoms with van der Waals surface area (Å²) in [5.41, 5.74) is 2.63. The first-order valence-electron chi connectivity index (χ1n) is 9.51. The Morgan fingerprint density at radius 3 is 2.79 bits per heavy atom. The molecule has 2 aliphatic heterocycles. The van der Waals surface area contributed by atoms with Crippen molar-refractivity contribution in [3.05, 3.63) is 65.5 Å². The molecule has 4 rings (SSSR count). The molecule has 0 spiro atoms. The monoisotopic (exact) mass is 382 g/mol. The van der Waals surface area contributed by atoms with Gasteiger partial charge in [-0.15, -0.1) is 0 Å². The molecule has 2 aliphatic rings. The third kappa shape index (κ3) is 3.86. The molecule has 1 fully saturated rings. The molecule has 1 saturated heterocycles. The summed E-state index contributed by atoms with van der Waals surface area (Å²) in [5.74, 6) is 0.572. The molecule has 1 amide bonds. The van der Waals surface area contributed by atoms with Crippen LogP contribution in [0.15, 0.2) is 53.7 Å². The Balaban J connectivity index is 1.32.